The number of benzene rings is 1. The molecule has 2 fully saturated rings. The summed E-state index contributed by atoms with van der Waals surface area (Å²) in [6.07, 6.45) is 2.79. The summed E-state index contributed by atoms with van der Waals surface area (Å²) in [6, 6.07) is 6.76. The van der Waals surface area contributed by atoms with Gasteiger partial charge in [0, 0.05) is 6.54 Å². The maximum absolute atomic E-state index is 13.0. The lowest BCUT2D eigenvalue weighted by atomic mass is 10.2. The summed E-state index contributed by atoms with van der Waals surface area (Å²) in [5.41, 5.74) is 1.05. The van der Waals surface area contributed by atoms with Gasteiger partial charge in [-0.25, -0.2) is 8.42 Å². The lowest BCUT2D eigenvalue weighted by Gasteiger charge is -2.36. The highest BCUT2D eigenvalue weighted by Crippen LogP contribution is 2.34. The van der Waals surface area contributed by atoms with Crippen LogP contribution in [-0.4, -0.2) is 38.0 Å². The average molecular weight is 306 g/mol. The molecular weight excluding hydrogens is 288 g/mol. The second-order valence-electron chi connectivity index (χ2n) is 5.62. The molecule has 1 heterocycles. The van der Waals surface area contributed by atoms with Gasteiger partial charge in [0.05, 0.1) is 35.3 Å². The molecule has 1 aliphatic carbocycles. The Labute approximate surface area is 125 Å². The fourth-order valence-electron chi connectivity index (χ4n) is 3.26. The highest BCUT2D eigenvalue weighted by molar-refractivity contribution is 7.89. The Morgan fingerprint density at radius 3 is 2.95 bits per heavy atom. The number of nitrogens with zero attached hydrogens (tertiary/aromatic N) is 2. The van der Waals surface area contributed by atoms with Gasteiger partial charge >= 0.3 is 0 Å². The van der Waals surface area contributed by atoms with E-state index in [9.17, 15) is 8.42 Å². The summed E-state index contributed by atoms with van der Waals surface area (Å²) in [4.78, 5) is 0.245. The average Bonchev–Trinajstić information content (AvgIpc) is 2.95. The number of aryl methyl sites for hydroxylation is 1. The minimum atomic E-state index is -3.58. The standard InChI is InChI=1S/C15H18N2O3S/c1-11-5-6-12(10-16)9-15(11)21(18,19)17-7-8-20-14-4-2-3-13(14)17/h5-6,9,13-14H,2-4,7-8H2,1H3. The predicted octanol–water partition coefficient (Wildman–Crippen LogP) is 1.81. The van der Waals surface area contributed by atoms with Gasteiger partial charge in [-0.15, -0.1) is 0 Å². The van der Waals surface area contributed by atoms with Gasteiger partial charge in [-0.05, 0) is 43.9 Å². The van der Waals surface area contributed by atoms with Crippen LogP contribution in [0.15, 0.2) is 23.1 Å². The van der Waals surface area contributed by atoms with Crippen LogP contribution in [0.2, 0.25) is 0 Å². The molecular formula is C15H18N2O3S. The molecule has 112 valence electrons. The summed E-state index contributed by atoms with van der Waals surface area (Å²) in [5.74, 6) is 0. The molecule has 0 aromatic heterocycles. The molecule has 5 nitrogen and oxygen atoms in total. The summed E-state index contributed by atoms with van der Waals surface area (Å²) >= 11 is 0. The van der Waals surface area contributed by atoms with Gasteiger partial charge in [0.15, 0.2) is 0 Å². The molecule has 1 saturated heterocycles. The third-order valence-corrected chi connectivity index (χ3v) is 6.40. The topological polar surface area (TPSA) is 70.4 Å². The van der Waals surface area contributed by atoms with E-state index >= 15 is 0 Å². The van der Waals surface area contributed by atoms with Crippen molar-refractivity contribution in [3.8, 4) is 6.07 Å². The first-order chi connectivity index (χ1) is 10.0. The molecule has 2 unspecified atom stereocenters. The molecule has 0 spiro atoms. The van der Waals surface area contributed by atoms with Gasteiger partial charge in [0.25, 0.3) is 0 Å². The predicted molar refractivity (Wildman–Crippen MR) is 77.2 cm³/mol. The largest absolute Gasteiger partial charge is 0.375 e. The number of hydrogen-bond acceptors (Lipinski definition) is 4. The third-order valence-electron chi connectivity index (χ3n) is 4.34. The Kier molecular flexibility index (Phi) is 3.74. The van der Waals surface area contributed by atoms with E-state index in [4.69, 9.17) is 10.00 Å². The van der Waals surface area contributed by atoms with Gasteiger partial charge in [-0.3, -0.25) is 0 Å². The van der Waals surface area contributed by atoms with Crippen LogP contribution in [0.4, 0.5) is 0 Å². The zero-order valence-electron chi connectivity index (χ0n) is 11.9. The molecule has 1 aliphatic heterocycles. The van der Waals surface area contributed by atoms with Gasteiger partial charge in [-0.1, -0.05) is 6.07 Å². The van der Waals surface area contributed by atoms with Crippen molar-refractivity contribution in [3.63, 3.8) is 0 Å². The van der Waals surface area contributed by atoms with Gasteiger partial charge in [0.2, 0.25) is 10.0 Å². The van der Waals surface area contributed by atoms with Crippen LogP contribution < -0.4 is 0 Å². The molecule has 6 heteroatoms. The smallest absolute Gasteiger partial charge is 0.243 e. The normalized spacial score (nSPS) is 26.3. The summed E-state index contributed by atoms with van der Waals surface area (Å²) in [5, 5.41) is 9.00. The number of fused-ring (bicyclic) bond motifs is 1. The molecule has 0 bridgehead atoms. The Bertz CT molecular complexity index is 693. The van der Waals surface area contributed by atoms with Crippen molar-refractivity contribution < 1.29 is 13.2 Å². The van der Waals surface area contributed by atoms with E-state index in [1.54, 1.807) is 23.4 Å². The summed E-state index contributed by atoms with van der Waals surface area (Å²) in [7, 11) is -3.58. The molecule has 3 rings (SSSR count). The van der Waals surface area contributed by atoms with Gasteiger partial charge < -0.3 is 4.74 Å². The lowest BCUT2D eigenvalue weighted by Crippen LogP contribution is -2.51. The Hall–Kier alpha value is -1.42. The molecule has 2 atom stereocenters. The first kappa shape index (κ1) is 14.5. The highest BCUT2D eigenvalue weighted by Gasteiger charge is 2.42. The molecule has 1 saturated carbocycles. The van der Waals surface area contributed by atoms with Crippen LogP contribution in [0.25, 0.3) is 0 Å². The number of hydrogen-bond donors (Lipinski definition) is 0. The second kappa shape index (κ2) is 5.41. The van der Waals surface area contributed by atoms with Crippen LogP contribution >= 0.6 is 0 Å². The van der Waals surface area contributed by atoms with E-state index in [-0.39, 0.29) is 17.0 Å². The highest BCUT2D eigenvalue weighted by atomic mass is 32.2. The van der Waals surface area contributed by atoms with E-state index in [0.29, 0.717) is 24.3 Å². The fraction of sp³-hybridized carbons (Fsp3) is 0.533. The van der Waals surface area contributed by atoms with Crippen LogP contribution in [0.1, 0.15) is 30.4 Å². The first-order valence-corrected chi connectivity index (χ1v) is 8.62. The zero-order chi connectivity index (χ0) is 15.0. The minimum absolute atomic E-state index is 0.0213. The van der Waals surface area contributed by atoms with Crippen molar-refractivity contribution >= 4 is 10.0 Å². The lowest BCUT2D eigenvalue weighted by molar-refractivity contribution is -0.0241. The van der Waals surface area contributed by atoms with Gasteiger partial charge in [-0.2, -0.15) is 9.57 Å². The van der Waals surface area contributed by atoms with Crippen molar-refractivity contribution in [2.24, 2.45) is 0 Å². The van der Waals surface area contributed by atoms with E-state index in [1.807, 2.05) is 6.07 Å². The number of ether oxygens (including phenoxy) is 1. The van der Waals surface area contributed by atoms with Crippen LogP contribution in [0.3, 0.4) is 0 Å². The third kappa shape index (κ3) is 2.46. The minimum Gasteiger partial charge on any atom is -0.375 e. The maximum Gasteiger partial charge on any atom is 0.243 e. The van der Waals surface area contributed by atoms with E-state index in [2.05, 4.69) is 0 Å². The second-order valence-corrected chi connectivity index (χ2v) is 7.47. The number of morpholine rings is 1. The van der Waals surface area contributed by atoms with E-state index in [1.165, 1.54) is 6.07 Å². The maximum atomic E-state index is 13.0. The first-order valence-electron chi connectivity index (χ1n) is 7.18. The summed E-state index contributed by atoms with van der Waals surface area (Å²) < 4.78 is 33.2. The van der Waals surface area contributed by atoms with Crippen molar-refractivity contribution in [3.05, 3.63) is 29.3 Å². The quantitative estimate of drug-likeness (QED) is 0.835. The molecule has 0 radical (unpaired) electrons. The number of rotatable bonds is 2. The fourth-order valence-corrected chi connectivity index (χ4v) is 5.18. The van der Waals surface area contributed by atoms with Crippen molar-refractivity contribution in [1.82, 2.24) is 4.31 Å². The molecule has 1 aromatic carbocycles. The Morgan fingerprint density at radius 2 is 2.19 bits per heavy atom. The van der Waals surface area contributed by atoms with Crippen molar-refractivity contribution in [2.75, 3.05) is 13.2 Å². The molecule has 0 amide bonds. The van der Waals surface area contributed by atoms with Crippen molar-refractivity contribution in [1.29, 1.82) is 5.26 Å². The SMILES string of the molecule is Cc1ccc(C#N)cc1S(=O)(=O)N1CCOC2CCCC21. The Balaban J connectivity index is 2.02. The van der Waals surface area contributed by atoms with Crippen molar-refractivity contribution in [2.45, 2.75) is 43.2 Å². The number of sulfonamides is 1. The molecule has 0 N–H and O–H groups in total. The van der Waals surface area contributed by atoms with E-state index in [0.717, 1.165) is 19.3 Å². The van der Waals surface area contributed by atoms with Gasteiger partial charge in [0.1, 0.15) is 0 Å². The number of nitriles is 1. The summed E-state index contributed by atoms with van der Waals surface area (Å²) in [6.45, 7) is 2.59. The van der Waals surface area contributed by atoms with Crippen LogP contribution in [-0.2, 0) is 14.8 Å². The Morgan fingerprint density at radius 1 is 1.38 bits per heavy atom. The monoisotopic (exact) mass is 306 g/mol. The van der Waals surface area contributed by atoms with E-state index < -0.39 is 10.0 Å². The molecule has 1 aromatic rings. The molecule has 21 heavy (non-hydrogen) atoms. The van der Waals surface area contributed by atoms with Crippen LogP contribution in [0, 0.1) is 18.3 Å². The molecule has 2 aliphatic rings. The zero-order valence-corrected chi connectivity index (χ0v) is 12.8. The van der Waals surface area contributed by atoms with Crippen LogP contribution in [0.5, 0.6) is 0 Å².